The second-order valence-electron chi connectivity index (χ2n) is 5.62. The third-order valence-electron chi connectivity index (χ3n) is 4.43. The Kier molecular flexibility index (Phi) is 2.92. The number of methoxy groups -OCH3 is 1. The first-order valence-electron chi connectivity index (χ1n) is 6.88. The Labute approximate surface area is 117 Å². The fourth-order valence-corrected chi connectivity index (χ4v) is 3.34. The van der Waals surface area contributed by atoms with Crippen LogP contribution in [0.25, 0.3) is 0 Å². The molecule has 2 fully saturated rings. The van der Waals surface area contributed by atoms with Crippen LogP contribution in [0.4, 0.5) is 11.4 Å². The largest absolute Gasteiger partial charge is 0.497 e. The number of carbonyl (C=O) groups is 2. The summed E-state index contributed by atoms with van der Waals surface area (Å²) < 4.78 is 5.09. The Morgan fingerprint density at radius 1 is 1.25 bits per heavy atom. The van der Waals surface area contributed by atoms with Gasteiger partial charge >= 0.3 is 0 Å². The number of rotatable bonds is 2. The summed E-state index contributed by atoms with van der Waals surface area (Å²) in [5, 5.41) is 0. The first-order valence-corrected chi connectivity index (χ1v) is 6.88. The van der Waals surface area contributed by atoms with Gasteiger partial charge in [-0.2, -0.15) is 0 Å². The van der Waals surface area contributed by atoms with Gasteiger partial charge in [0.2, 0.25) is 11.8 Å². The van der Waals surface area contributed by atoms with Gasteiger partial charge in [0.1, 0.15) is 5.75 Å². The van der Waals surface area contributed by atoms with Crippen LogP contribution in [0, 0.1) is 5.41 Å². The smallest absolute Gasteiger partial charge is 0.240 e. The molecule has 5 nitrogen and oxygen atoms in total. The van der Waals surface area contributed by atoms with E-state index in [9.17, 15) is 9.59 Å². The highest BCUT2D eigenvalue weighted by molar-refractivity contribution is 6.23. The molecule has 2 amide bonds. The summed E-state index contributed by atoms with van der Waals surface area (Å²) in [6, 6.07) is 5.03. The number of hydrogen-bond acceptors (Lipinski definition) is 4. The molecule has 1 aromatic rings. The van der Waals surface area contributed by atoms with Crippen molar-refractivity contribution in [3.05, 3.63) is 18.2 Å². The van der Waals surface area contributed by atoms with Gasteiger partial charge in [0.25, 0.3) is 0 Å². The first kappa shape index (κ1) is 13.0. The van der Waals surface area contributed by atoms with Crippen molar-refractivity contribution in [2.45, 2.75) is 32.1 Å². The number of nitrogens with two attached hydrogens (primary N) is 1. The van der Waals surface area contributed by atoms with Gasteiger partial charge < -0.3 is 10.5 Å². The number of amides is 2. The van der Waals surface area contributed by atoms with Crippen molar-refractivity contribution < 1.29 is 14.3 Å². The third kappa shape index (κ3) is 1.77. The summed E-state index contributed by atoms with van der Waals surface area (Å²) in [6.45, 7) is 0. The summed E-state index contributed by atoms with van der Waals surface area (Å²) in [5.41, 5.74) is 6.36. The van der Waals surface area contributed by atoms with E-state index in [4.69, 9.17) is 10.5 Å². The maximum atomic E-state index is 12.7. The SMILES string of the molecule is COc1ccc(N2C(=O)CC3(CCCC3)C2=O)c(N)c1. The van der Waals surface area contributed by atoms with Crippen molar-refractivity contribution >= 4 is 23.2 Å². The van der Waals surface area contributed by atoms with E-state index in [0.29, 0.717) is 23.5 Å². The van der Waals surface area contributed by atoms with Crippen LogP contribution in [0.3, 0.4) is 0 Å². The molecule has 3 rings (SSSR count). The van der Waals surface area contributed by atoms with Crippen LogP contribution in [0.1, 0.15) is 32.1 Å². The number of anilines is 2. The molecule has 1 aliphatic carbocycles. The number of carbonyl (C=O) groups excluding carboxylic acids is 2. The Hall–Kier alpha value is -2.04. The van der Waals surface area contributed by atoms with Crippen molar-refractivity contribution in [3.8, 4) is 5.75 Å². The highest BCUT2D eigenvalue weighted by atomic mass is 16.5. The molecule has 0 atom stereocenters. The molecule has 1 spiro atoms. The number of benzene rings is 1. The Morgan fingerprint density at radius 2 is 1.95 bits per heavy atom. The van der Waals surface area contributed by atoms with Gasteiger partial charge in [0, 0.05) is 12.5 Å². The lowest BCUT2D eigenvalue weighted by Crippen LogP contribution is -2.34. The standard InChI is InChI=1S/C15H18N2O3/c1-20-10-4-5-12(11(16)8-10)17-13(18)9-15(14(17)19)6-2-3-7-15/h4-5,8H,2-3,6-7,9,16H2,1H3. The van der Waals surface area contributed by atoms with Gasteiger partial charge in [-0.25, -0.2) is 4.90 Å². The molecule has 1 saturated carbocycles. The van der Waals surface area contributed by atoms with Gasteiger partial charge in [0.05, 0.1) is 23.9 Å². The van der Waals surface area contributed by atoms with Crippen molar-refractivity contribution in [1.29, 1.82) is 0 Å². The molecule has 106 valence electrons. The number of nitrogens with zero attached hydrogens (tertiary/aromatic N) is 1. The molecule has 1 heterocycles. The molecule has 20 heavy (non-hydrogen) atoms. The third-order valence-corrected chi connectivity index (χ3v) is 4.43. The van der Waals surface area contributed by atoms with E-state index in [1.165, 1.54) is 4.90 Å². The van der Waals surface area contributed by atoms with Gasteiger partial charge in [-0.05, 0) is 25.0 Å². The molecule has 0 radical (unpaired) electrons. The molecule has 1 aliphatic heterocycles. The van der Waals surface area contributed by atoms with E-state index in [1.54, 1.807) is 25.3 Å². The Bertz CT molecular complexity index is 576. The predicted molar refractivity (Wildman–Crippen MR) is 75.4 cm³/mol. The number of hydrogen-bond donors (Lipinski definition) is 1. The highest BCUT2D eigenvalue weighted by Crippen LogP contribution is 2.48. The van der Waals surface area contributed by atoms with Crippen LogP contribution in [0.2, 0.25) is 0 Å². The lowest BCUT2D eigenvalue weighted by molar-refractivity contribution is -0.125. The molecule has 2 aliphatic rings. The highest BCUT2D eigenvalue weighted by Gasteiger charge is 2.53. The van der Waals surface area contributed by atoms with Crippen LogP contribution in [-0.2, 0) is 9.59 Å². The molecule has 1 saturated heterocycles. The van der Waals surface area contributed by atoms with Crippen molar-refractivity contribution in [1.82, 2.24) is 0 Å². The van der Waals surface area contributed by atoms with Crippen LogP contribution < -0.4 is 15.4 Å². The Morgan fingerprint density at radius 3 is 2.55 bits per heavy atom. The average molecular weight is 274 g/mol. The lowest BCUT2D eigenvalue weighted by Gasteiger charge is -2.22. The molecule has 1 aromatic carbocycles. The quantitative estimate of drug-likeness (QED) is 0.662. The normalized spacial score (nSPS) is 20.9. The van der Waals surface area contributed by atoms with Gasteiger partial charge in [-0.3, -0.25) is 9.59 Å². The minimum absolute atomic E-state index is 0.0862. The van der Waals surface area contributed by atoms with E-state index in [2.05, 4.69) is 0 Å². The van der Waals surface area contributed by atoms with Crippen LogP contribution >= 0.6 is 0 Å². The fourth-order valence-electron chi connectivity index (χ4n) is 3.34. The summed E-state index contributed by atoms with van der Waals surface area (Å²) in [7, 11) is 1.55. The van der Waals surface area contributed by atoms with Crippen molar-refractivity contribution in [2.24, 2.45) is 5.41 Å². The molecule has 0 aromatic heterocycles. The number of nitrogen functional groups attached to an aromatic ring is 1. The van der Waals surface area contributed by atoms with Gasteiger partial charge in [0.15, 0.2) is 0 Å². The summed E-state index contributed by atoms with van der Waals surface area (Å²) in [5.74, 6) is 0.381. The zero-order chi connectivity index (χ0) is 14.3. The maximum Gasteiger partial charge on any atom is 0.240 e. The molecule has 0 bridgehead atoms. The van der Waals surface area contributed by atoms with Crippen LogP contribution in [0.5, 0.6) is 5.75 Å². The Balaban J connectivity index is 1.98. The summed E-state index contributed by atoms with van der Waals surface area (Å²) in [4.78, 5) is 26.2. The lowest BCUT2D eigenvalue weighted by atomic mass is 9.84. The fraction of sp³-hybridized carbons (Fsp3) is 0.467. The first-order chi connectivity index (χ1) is 9.57. The van der Waals surface area contributed by atoms with E-state index in [0.717, 1.165) is 25.7 Å². The molecule has 2 N–H and O–H groups in total. The number of ether oxygens (including phenoxy) is 1. The zero-order valence-corrected chi connectivity index (χ0v) is 11.5. The maximum absolute atomic E-state index is 12.7. The molecular formula is C15H18N2O3. The number of imide groups is 1. The monoisotopic (exact) mass is 274 g/mol. The van der Waals surface area contributed by atoms with Crippen molar-refractivity contribution in [2.75, 3.05) is 17.7 Å². The molecular weight excluding hydrogens is 256 g/mol. The predicted octanol–water partition coefficient (Wildman–Crippen LogP) is 2.10. The molecule has 5 heteroatoms. The van der Waals surface area contributed by atoms with Gasteiger partial charge in [-0.15, -0.1) is 0 Å². The topological polar surface area (TPSA) is 72.6 Å². The van der Waals surface area contributed by atoms with E-state index in [1.807, 2.05) is 0 Å². The van der Waals surface area contributed by atoms with E-state index >= 15 is 0 Å². The zero-order valence-electron chi connectivity index (χ0n) is 11.5. The van der Waals surface area contributed by atoms with E-state index in [-0.39, 0.29) is 11.8 Å². The second kappa shape index (κ2) is 4.51. The van der Waals surface area contributed by atoms with Crippen molar-refractivity contribution in [3.63, 3.8) is 0 Å². The van der Waals surface area contributed by atoms with Crippen LogP contribution in [-0.4, -0.2) is 18.9 Å². The van der Waals surface area contributed by atoms with Crippen LogP contribution in [0.15, 0.2) is 18.2 Å². The van der Waals surface area contributed by atoms with Gasteiger partial charge in [-0.1, -0.05) is 12.8 Å². The summed E-state index contributed by atoms with van der Waals surface area (Å²) >= 11 is 0. The second-order valence-corrected chi connectivity index (χ2v) is 5.62. The summed E-state index contributed by atoms with van der Waals surface area (Å²) in [6.07, 6.45) is 3.97. The minimum Gasteiger partial charge on any atom is -0.497 e. The average Bonchev–Trinajstić information content (AvgIpc) is 2.98. The minimum atomic E-state index is -0.469. The molecule has 0 unspecified atom stereocenters. The van der Waals surface area contributed by atoms with E-state index < -0.39 is 5.41 Å².